The van der Waals surface area contributed by atoms with Crippen molar-refractivity contribution >= 4 is 34.2 Å². The van der Waals surface area contributed by atoms with Crippen LogP contribution in [0.15, 0.2) is 30.3 Å². The lowest BCUT2D eigenvalue weighted by atomic mass is 9.85. The fourth-order valence-corrected chi connectivity index (χ4v) is 2.27. The van der Waals surface area contributed by atoms with Crippen LogP contribution in [0.25, 0.3) is 10.9 Å². The van der Waals surface area contributed by atoms with Gasteiger partial charge in [-0.3, -0.25) is 4.79 Å². The second-order valence-electron chi connectivity index (χ2n) is 4.63. The Bertz CT molecular complexity index is 608. The fraction of sp³-hybridized carbons (Fsp3) is 0.286. The molecule has 1 aromatic carbocycles. The highest BCUT2D eigenvalue weighted by atomic mass is 35.5. The molecule has 1 fully saturated rings. The van der Waals surface area contributed by atoms with Crippen LogP contribution < -0.4 is 5.32 Å². The Kier molecular flexibility index (Phi) is 2.92. The van der Waals surface area contributed by atoms with Crippen molar-refractivity contribution in [1.29, 1.82) is 0 Å². The molecule has 1 heterocycles. The van der Waals surface area contributed by atoms with Crippen LogP contribution in [0.4, 0.5) is 5.82 Å². The van der Waals surface area contributed by atoms with Crippen LogP contribution in [0, 0.1) is 5.92 Å². The second-order valence-corrected chi connectivity index (χ2v) is 5.04. The lowest BCUT2D eigenvalue weighted by Crippen LogP contribution is -2.28. The predicted octanol–water partition coefficient (Wildman–Crippen LogP) is 3.63. The first-order valence-corrected chi connectivity index (χ1v) is 6.48. The summed E-state index contributed by atoms with van der Waals surface area (Å²) in [5, 5.41) is 4.29. The van der Waals surface area contributed by atoms with Gasteiger partial charge in [-0.05, 0) is 25.0 Å². The van der Waals surface area contributed by atoms with E-state index in [2.05, 4.69) is 10.3 Å². The van der Waals surface area contributed by atoms with Gasteiger partial charge in [0.15, 0.2) is 5.82 Å². The lowest BCUT2D eigenvalue weighted by molar-refractivity contribution is -0.122. The van der Waals surface area contributed by atoms with Gasteiger partial charge in [0.25, 0.3) is 0 Å². The summed E-state index contributed by atoms with van der Waals surface area (Å²) in [6.07, 6.45) is 3.07. The number of nitrogens with one attached hydrogen (secondary N) is 1. The van der Waals surface area contributed by atoms with E-state index in [0.29, 0.717) is 10.8 Å². The Labute approximate surface area is 110 Å². The van der Waals surface area contributed by atoms with Crippen LogP contribution in [0.5, 0.6) is 0 Å². The molecule has 0 radical (unpaired) electrons. The third-order valence-corrected chi connectivity index (χ3v) is 3.68. The molecule has 0 bridgehead atoms. The van der Waals surface area contributed by atoms with Crippen LogP contribution in [0.3, 0.4) is 0 Å². The predicted molar refractivity (Wildman–Crippen MR) is 72.7 cm³/mol. The van der Waals surface area contributed by atoms with Gasteiger partial charge in [0.05, 0.1) is 10.5 Å². The number of carbonyl (C=O) groups excluding carboxylic acids is 1. The zero-order valence-electron chi connectivity index (χ0n) is 9.82. The number of rotatable bonds is 2. The van der Waals surface area contributed by atoms with Crippen LogP contribution in [0.2, 0.25) is 5.02 Å². The van der Waals surface area contributed by atoms with E-state index in [9.17, 15) is 4.79 Å². The number of halogens is 1. The zero-order valence-corrected chi connectivity index (χ0v) is 10.6. The molecule has 1 amide bonds. The Morgan fingerprint density at radius 2 is 2.11 bits per heavy atom. The first-order chi connectivity index (χ1) is 8.74. The Hall–Kier alpha value is -1.61. The summed E-state index contributed by atoms with van der Waals surface area (Å²) in [5.41, 5.74) is 0.839. The maximum Gasteiger partial charge on any atom is 0.228 e. The van der Waals surface area contributed by atoms with Gasteiger partial charge in [0.2, 0.25) is 5.91 Å². The number of hydrogen-bond acceptors (Lipinski definition) is 2. The largest absolute Gasteiger partial charge is 0.309 e. The van der Waals surface area contributed by atoms with Crippen molar-refractivity contribution in [1.82, 2.24) is 4.98 Å². The summed E-state index contributed by atoms with van der Waals surface area (Å²) < 4.78 is 0. The third kappa shape index (κ3) is 2.06. The summed E-state index contributed by atoms with van der Waals surface area (Å²) >= 11 is 6.14. The average Bonchev–Trinajstić information content (AvgIpc) is 2.27. The first-order valence-electron chi connectivity index (χ1n) is 6.10. The fourth-order valence-electron chi connectivity index (χ4n) is 2.07. The topological polar surface area (TPSA) is 42.0 Å². The van der Waals surface area contributed by atoms with Gasteiger partial charge in [-0.2, -0.15) is 0 Å². The van der Waals surface area contributed by atoms with E-state index in [1.165, 1.54) is 0 Å². The highest BCUT2D eigenvalue weighted by molar-refractivity contribution is 6.34. The lowest BCUT2D eigenvalue weighted by Gasteiger charge is -2.24. The Morgan fingerprint density at radius 1 is 1.33 bits per heavy atom. The summed E-state index contributed by atoms with van der Waals surface area (Å²) in [4.78, 5) is 16.3. The molecule has 1 aromatic heterocycles. The molecular weight excluding hydrogens is 248 g/mol. The van der Waals surface area contributed by atoms with Gasteiger partial charge >= 0.3 is 0 Å². The van der Waals surface area contributed by atoms with Gasteiger partial charge in [-0.1, -0.05) is 36.2 Å². The monoisotopic (exact) mass is 260 g/mol. The molecule has 3 nitrogen and oxygen atoms in total. The van der Waals surface area contributed by atoms with E-state index >= 15 is 0 Å². The summed E-state index contributed by atoms with van der Waals surface area (Å²) in [6.45, 7) is 0. The minimum absolute atomic E-state index is 0.0333. The van der Waals surface area contributed by atoms with Crippen LogP contribution in [-0.2, 0) is 4.79 Å². The van der Waals surface area contributed by atoms with Gasteiger partial charge in [-0.15, -0.1) is 0 Å². The molecule has 18 heavy (non-hydrogen) atoms. The van der Waals surface area contributed by atoms with Crippen molar-refractivity contribution in [3.63, 3.8) is 0 Å². The van der Waals surface area contributed by atoms with Gasteiger partial charge in [0.1, 0.15) is 0 Å². The Balaban J connectivity index is 1.91. The van der Waals surface area contributed by atoms with Crippen LogP contribution in [-0.4, -0.2) is 10.9 Å². The number of carbonyl (C=O) groups is 1. The molecule has 1 N–H and O–H groups in total. The summed E-state index contributed by atoms with van der Waals surface area (Å²) in [6, 6.07) is 9.55. The maximum atomic E-state index is 11.9. The molecule has 92 valence electrons. The molecule has 1 aliphatic rings. The van der Waals surface area contributed by atoms with E-state index in [1.54, 1.807) is 0 Å². The van der Waals surface area contributed by atoms with Crippen molar-refractivity contribution < 1.29 is 4.79 Å². The highest BCUT2D eigenvalue weighted by Gasteiger charge is 2.25. The van der Waals surface area contributed by atoms with Crippen molar-refractivity contribution in [3.8, 4) is 0 Å². The molecule has 1 aliphatic carbocycles. The first kappa shape index (κ1) is 11.5. The number of aromatic nitrogens is 1. The van der Waals surface area contributed by atoms with E-state index in [1.807, 2.05) is 30.3 Å². The van der Waals surface area contributed by atoms with Crippen molar-refractivity contribution in [3.05, 3.63) is 35.4 Å². The molecule has 2 aromatic rings. The maximum absolute atomic E-state index is 11.9. The smallest absolute Gasteiger partial charge is 0.228 e. The minimum Gasteiger partial charge on any atom is -0.309 e. The minimum atomic E-state index is 0.0333. The number of anilines is 1. The van der Waals surface area contributed by atoms with Crippen LogP contribution >= 0.6 is 11.6 Å². The number of nitrogens with zero attached hydrogens (tertiary/aromatic N) is 1. The van der Waals surface area contributed by atoms with Crippen molar-refractivity contribution in [2.45, 2.75) is 19.3 Å². The van der Waals surface area contributed by atoms with Gasteiger partial charge < -0.3 is 5.32 Å². The molecule has 0 saturated heterocycles. The SMILES string of the molecule is O=C(Nc1nc2ccccc2cc1Cl)C1CCC1. The van der Waals surface area contributed by atoms with Crippen molar-refractivity contribution in [2.24, 2.45) is 5.92 Å². The number of hydrogen-bond donors (Lipinski definition) is 1. The molecule has 0 atom stereocenters. The number of fused-ring (bicyclic) bond motifs is 1. The highest BCUT2D eigenvalue weighted by Crippen LogP contribution is 2.29. The summed E-state index contributed by atoms with van der Waals surface area (Å²) in [7, 11) is 0. The average molecular weight is 261 g/mol. The van der Waals surface area contributed by atoms with Gasteiger partial charge in [0, 0.05) is 11.3 Å². The number of para-hydroxylation sites is 1. The molecule has 0 unspecified atom stereocenters. The van der Waals surface area contributed by atoms with Crippen LogP contribution in [0.1, 0.15) is 19.3 Å². The Morgan fingerprint density at radius 3 is 2.83 bits per heavy atom. The van der Waals surface area contributed by atoms with E-state index in [4.69, 9.17) is 11.6 Å². The molecular formula is C14H13ClN2O. The van der Waals surface area contributed by atoms with Crippen molar-refractivity contribution in [2.75, 3.05) is 5.32 Å². The number of amides is 1. The zero-order chi connectivity index (χ0) is 12.5. The summed E-state index contributed by atoms with van der Waals surface area (Å²) in [5.74, 6) is 0.632. The molecule has 1 saturated carbocycles. The van der Waals surface area contributed by atoms with E-state index in [0.717, 1.165) is 30.2 Å². The standard InChI is InChI=1S/C14H13ClN2O/c15-11-8-10-4-1-2-7-12(10)16-13(11)17-14(18)9-5-3-6-9/h1-2,4,7-9H,3,5-6H2,(H,16,17,18). The normalized spacial score (nSPS) is 15.4. The molecule has 0 spiro atoms. The van der Waals surface area contributed by atoms with E-state index in [-0.39, 0.29) is 11.8 Å². The molecule has 4 heteroatoms. The number of pyridine rings is 1. The van der Waals surface area contributed by atoms with Gasteiger partial charge in [-0.25, -0.2) is 4.98 Å². The molecule has 0 aliphatic heterocycles. The molecule has 3 rings (SSSR count). The van der Waals surface area contributed by atoms with E-state index < -0.39 is 0 Å². The quantitative estimate of drug-likeness (QED) is 0.896. The second kappa shape index (κ2) is 4.58. The number of benzene rings is 1. The third-order valence-electron chi connectivity index (χ3n) is 3.40.